The van der Waals surface area contributed by atoms with Gasteiger partial charge in [-0.2, -0.15) is 5.10 Å². The molecule has 146 valence electrons. The van der Waals surface area contributed by atoms with Gasteiger partial charge in [0.15, 0.2) is 0 Å². The maximum atomic E-state index is 11.0. The van der Waals surface area contributed by atoms with Crippen molar-refractivity contribution in [2.24, 2.45) is 0 Å². The number of nitro groups is 1. The van der Waals surface area contributed by atoms with Gasteiger partial charge in [0.1, 0.15) is 0 Å². The van der Waals surface area contributed by atoms with Crippen LogP contribution >= 0.6 is 11.6 Å². The largest absolute Gasteiger partial charge is 0.369 e. The fourth-order valence-electron chi connectivity index (χ4n) is 3.67. The molecule has 2 aromatic rings. The van der Waals surface area contributed by atoms with Crippen molar-refractivity contribution in [1.29, 1.82) is 0 Å². The number of non-ortho nitro benzene ring substituents is 1. The van der Waals surface area contributed by atoms with Gasteiger partial charge in [-0.05, 0) is 25.3 Å². The Balaban J connectivity index is 1.67. The zero-order valence-corrected chi connectivity index (χ0v) is 16.7. The molecule has 0 bridgehead atoms. The number of aryl methyl sites for hydroxylation is 2. The second kappa shape index (κ2) is 8.71. The number of hydrogen-bond donors (Lipinski definition) is 0. The normalized spacial score (nSPS) is 15.7. The van der Waals surface area contributed by atoms with E-state index >= 15 is 0 Å². The highest BCUT2D eigenvalue weighted by Gasteiger charge is 2.21. The summed E-state index contributed by atoms with van der Waals surface area (Å²) in [6.07, 6.45) is 6.18. The van der Waals surface area contributed by atoms with E-state index in [9.17, 15) is 10.1 Å². The molecule has 0 unspecified atom stereocenters. The third kappa shape index (κ3) is 4.78. The van der Waals surface area contributed by atoms with Gasteiger partial charge >= 0.3 is 0 Å². The highest BCUT2D eigenvalue weighted by molar-refractivity contribution is 6.33. The number of rotatable bonds is 6. The monoisotopic (exact) mass is 391 g/mol. The maximum absolute atomic E-state index is 11.0. The molecule has 1 aromatic carbocycles. The Hall–Kier alpha value is -2.12. The fraction of sp³-hybridized carbons (Fsp3) is 0.526. The third-order valence-electron chi connectivity index (χ3n) is 4.90. The Labute approximate surface area is 164 Å². The van der Waals surface area contributed by atoms with Crippen LogP contribution in [0.15, 0.2) is 24.5 Å². The Kier molecular flexibility index (Phi) is 6.34. The second-order valence-electron chi connectivity index (χ2n) is 7.08. The number of nitro benzene ring substituents is 1. The first kappa shape index (κ1) is 19.6. The van der Waals surface area contributed by atoms with E-state index < -0.39 is 4.92 Å². The topological polar surface area (TPSA) is 67.4 Å². The number of halogens is 1. The molecule has 0 atom stereocenters. The minimum Gasteiger partial charge on any atom is -0.369 e. The Morgan fingerprint density at radius 2 is 2.07 bits per heavy atom. The smallest absolute Gasteiger partial charge is 0.271 e. The van der Waals surface area contributed by atoms with E-state index in [0.717, 1.165) is 63.4 Å². The summed E-state index contributed by atoms with van der Waals surface area (Å²) in [7, 11) is 0. The number of hydrogen-bond acceptors (Lipinski definition) is 5. The summed E-state index contributed by atoms with van der Waals surface area (Å²) in [5.41, 5.74) is 3.05. The quantitative estimate of drug-likeness (QED) is 0.552. The lowest BCUT2D eigenvalue weighted by atomic mass is 10.1. The van der Waals surface area contributed by atoms with Gasteiger partial charge in [0.05, 0.1) is 21.8 Å². The molecule has 2 heterocycles. The standard InChI is InChI=1S/C19H26ClN5O2/c1-3-5-24-14-16(12-21-24)13-22-6-4-7-23(9-8-22)19-15(2)10-17(25(26)27)11-18(19)20/h10-12,14H,3-9,13H2,1-2H3. The fourth-order valence-corrected chi connectivity index (χ4v) is 4.05. The van der Waals surface area contributed by atoms with Crippen LogP contribution in [-0.2, 0) is 13.1 Å². The molecular formula is C19H26ClN5O2. The summed E-state index contributed by atoms with van der Waals surface area (Å²) in [4.78, 5) is 15.3. The average Bonchev–Trinajstić information content (AvgIpc) is 2.92. The van der Waals surface area contributed by atoms with Gasteiger partial charge in [0, 0.05) is 63.2 Å². The van der Waals surface area contributed by atoms with Gasteiger partial charge in [-0.15, -0.1) is 0 Å². The summed E-state index contributed by atoms with van der Waals surface area (Å²) in [6.45, 7) is 9.56. The minimum absolute atomic E-state index is 0.0433. The summed E-state index contributed by atoms with van der Waals surface area (Å²) >= 11 is 6.39. The highest BCUT2D eigenvalue weighted by atomic mass is 35.5. The zero-order chi connectivity index (χ0) is 19.4. The number of nitrogens with zero attached hydrogens (tertiary/aromatic N) is 5. The van der Waals surface area contributed by atoms with Gasteiger partial charge < -0.3 is 4.90 Å². The molecule has 0 aliphatic carbocycles. The second-order valence-corrected chi connectivity index (χ2v) is 7.49. The van der Waals surface area contributed by atoms with E-state index in [-0.39, 0.29) is 5.69 Å². The molecule has 0 spiro atoms. The van der Waals surface area contributed by atoms with Crippen LogP contribution in [0.2, 0.25) is 5.02 Å². The van der Waals surface area contributed by atoms with Crippen molar-refractivity contribution in [3.8, 4) is 0 Å². The first-order valence-corrected chi connectivity index (χ1v) is 9.79. The van der Waals surface area contributed by atoms with Crippen molar-refractivity contribution in [3.05, 3.63) is 50.8 Å². The Bertz CT molecular complexity index is 784. The lowest BCUT2D eigenvalue weighted by Gasteiger charge is -2.26. The molecule has 7 nitrogen and oxygen atoms in total. The van der Waals surface area contributed by atoms with Gasteiger partial charge in [0.25, 0.3) is 5.69 Å². The number of benzene rings is 1. The van der Waals surface area contributed by atoms with Gasteiger partial charge in [-0.25, -0.2) is 0 Å². The molecule has 0 amide bonds. The molecule has 1 saturated heterocycles. The van der Waals surface area contributed by atoms with E-state index in [2.05, 4.69) is 28.0 Å². The van der Waals surface area contributed by atoms with Crippen LogP contribution < -0.4 is 4.90 Å². The lowest BCUT2D eigenvalue weighted by Crippen LogP contribution is -2.31. The predicted octanol–water partition coefficient (Wildman–Crippen LogP) is 3.88. The molecule has 1 aromatic heterocycles. The average molecular weight is 392 g/mol. The summed E-state index contributed by atoms with van der Waals surface area (Å²) in [5, 5.41) is 15.9. The molecule has 3 rings (SSSR count). The van der Waals surface area contributed by atoms with Crippen LogP contribution in [0.1, 0.15) is 30.9 Å². The summed E-state index contributed by atoms with van der Waals surface area (Å²) in [5.74, 6) is 0. The Morgan fingerprint density at radius 1 is 1.26 bits per heavy atom. The van der Waals surface area contributed by atoms with E-state index in [1.165, 1.54) is 11.6 Å². The van der Waals surface area contributed by atoms with Crippen LogP contribution in [0.5, 0.6) is 0 Å². The van der Waals surface area contributed by atoms with E-state index in [4.69, 9.17) is 11.6 Å². The van der Waals surface area contributed by atoms with Crippen LogP contribution in [-0.4, -0.2) is 45.8 Å². The maximum Gasteiger partial charge on any atom is 0.271 e. The predicted molar refractivity (Wildman–Crippen MR) is 107 cm³/mol. The molecule has 1 aliphatic heterocycles. The molecule has 0 saturated carbocycles. The minimum atomic E-state index is -0.397. The van der Waals surface area contributed by atoms with E-state index in [1.54, 1.807) is 6.07 Å². The first-order valence-electron chi connectivity index (χ1n) is 9.41. The van der Waals surface area contributed by atoms with Crippen LogP contribution in [0.4, 0.5) is 11.4 Å². The first-order chi connectivity index (χ1) is 13.0. The number of aromatic nitrogens is 2. The zero-order valence-electron chi connectivity index (χ0n) is 15.9. The van der Waals surface area contributed by atoms with Gasteiger partial charge in [-0.3, -0.25) is 19.7 Å². The van der Waals surface area contributed by atoms with Crippen molar-refractivity contribution < 1.29 is 4.92 Å². The van der Waals surface area contributed by atoms with Crippen LogP contribution in [0.3, 0.4) is 0 Å². The Morgan fingerprint density at radius 3 is 2.78 bits per heavy atom. The molecule has 0 N–H and O–H groups in total. The molecular weight excluding hydrogens is 366 g/mol. The van der Waals surface area contributed by atoms with E-state index in [1.807, 2.05) is 17.8 Å². The molecule has 27 heavy (non-hydrogen) atoms. The van der Waals surface area contributed by atoms with Crippen molar-refractivity contribution in [2.45, 2.75) is 39.8 Å². The van der Waals surface area contributed by atoms with Crippen LogP contribution in [0, 0.1) is 17.0 Å². The van der Waals surface area contributed by atoms with Gasteiger partial charge in [0.2, 0.25) is 0 Å². The van der Waals surface area contributed by atoms with Crippen molar-refractivity contribution in [3.63, 3.8) is 0 Å². The summed E-state index contributed by atoms with van der Waals surface area (Å²) < 4.78 is 2.00. The summed E-state index contributed by atoms with van der Waals surface area (Å²) in [6, 6.07) is 3.06. The third-order valence-corrected chi connectivity index (χ3v) is 5.19. The van der Waals surface area contributed by atoms with Crippen molar-refractivity contribution >= 4 is 23.0 Å². The lowest BCUT2D eigenvalue weighted by molar-refractivity contribution is -0.384. The van der Waals surface area contributed by atoms with Crippen molar-refractivity contribution in [2.75, 3.05) is 31.1 Å². The van der Waals surface area contributed by atoms with Gasteiger partial charge in [-0.1, -0.05) is 18.5 Å². The molecule has 0 radical (unpaired) electrons. The highest BCUT2D eigenvalue weighted by Crippen LogP contribution is 2.34. The van der Waals surface area contributed by atoms with Crippen molar-refractivity contribution in [1.82, 2.24) is 14.7 Å². The number of anilines is 1. The molecule has 8 heteroatoms. The van der Waals surface area contributed by atoms with Crippen LogP contribution in [0.25, 0.3) is 0 Å². The van der Waals surface area contributed by atoms with E-state index in [0.29, 0.717) is 5.02 Å². The molecule has 1 fully saturated rings. The molecule has 1 aliphatic rings. The SMILES string of the molecule is CCCn1cc(CN2CCCN(c3c(C)cc([N+](=O)[O-])cc3Cl)CC2)cn1.